The molecule has 1 aromatic carbocycles. The summed E-state index contributed by atoms with van der Waals surface area (Å²) in [4.78, 5) is 29.8. The summed E-state index contributed by atoms with van der Waals surface area (Å²) in [5, 5.41) is 8.01. The molecule has 0 unspecified atom stereocenters. The summed E-state index contributed by atoms with van der Waals surface area (Å²) < 4.78 is 0.827. The average Bonchev–Trinajstić information content (AvgIpc) is 3.23. The van der Waals surface area contributed by atoms with Crippen molar-refractivity contribution in [3.8, 4) is 0 Å². The minimum atomic E-state index is -0.181. The number of anilines is 1. The van der Waals surface area contributed by atoms with E-state index in [2.05, 4.69) is 15.2 Å². The van der Waals surface area contributed by atoms with Gasteiger partial charge in [-0.2, -0.15) is 5.10 Å². The molecule has 0 aliphatic rings. The largest absolute Gasteiger partial charge is 0.321 e. The predicted octanol–water partition coefficient (Wildman–Crippen LogP) is 2.74. The number of aromatic nitrogens is 3. The Kier molecular flexibility index (Phi) is 3.02. The zero-order valence-corrected chi connectivity index (χ0v) is 13.0. The predicted molar refractivity (Wildman–Crippen MR) is 91.3 cm³/mol. The molecule has 0 spiro atoms. The van der Waals surface area contributed by atoms with Gasteiger partial charge in [-0.05, 0) is 12.1 Å². The zero-order valence-electron chi connectivity index (χ0n) is 12.2. The van der Waals surface area contributed by atoms with Crippen molar-refractivity contribution in [2.45, 2.75) is 0 Å². The van der Waals surface area contributed by atoms with Crippen LogP contribution in [0.3, 0.4) is 0 Å². The third kappa shape index (κ3) is 2.13. The number of amides is 1. The van der Waals surface area contributed by atoms with Crippen molar-refractivity contribution >= 4 is 43.9 Å². The van der Waals surface area contributed by atoms with Gasteiger partial charge in [0.15, 0.2) is 0 Å². The fourth-order valence-electron chi connectivity index (χ4n) is 2.55. The number of hydrogen-bond donors (Lipinski definition) is 2. The van der Waals surface area contributed by atoms with Crippen molar-refractivity contribution in [1.82, 2.24) is 15.2 Å². The number of carbonyl (C=O) groups is 1. The zero-order chi connectivity index (χ0) is 16.0. The Morgan fingerprint density at radius 3 is 2.87 bits per heavy atom. The van der Waals surface area contributed by atoms with Crippen LogP contribution in [0.5, 0.6) is 0 Å². The molecule has 0 bridgehead atoms. The highest BCUT2D eigenvalue weighted by Gasteiger charge is 2.19. The molecular formula is C16H12N4O2S. The smallest absolute Gasteiger partial charge is 0.268 e. The Balaban J connectivity index is 1.89. The summed E-state index contributed by atoms with van der Waals surface area (Å²) >= 11 is 1.33. The molecule has 1 amide bonds. The molecule has 0 fully saturated rings. The minimum Gasteiger partial charge on any atom is -0.321 e. The third-order valence-electron chi connectivity index (χ3n) is 3.78. The van der Waals surface area contributed by atoms with Crippen LogP contribution < -0.4 is 10.5 Å². The van der Waals surface area contributed by atoms with Crippen molar-refractivity contribution in [3.05, 3.63) is 58.0 Å². The van der Waals surface area contributed by atoms with E-state index in [4.69, 9.17) is 0 Å². The van der Waals surface area contributed by atoms with E-state index in [1.807, 2.05) is 24.3 Å². The van der Waals surface area contributed by atoms with E-state index in [0.29, 0.717) is 16.0 Å². The molecule has 6 nitrogen and oxygen atoms in total. The van der Waals surface area contributed by atoms with Crippen molar-refractivity contribution in [2.75, 3.05) is 11.9 Å². The summed E-state index contributed by atoms with van der Waals surface area (Å²) in [5.74, 6) is -0.170. The number of para-hydroxylation sites is 1. The molecule has 3 aromatic heterocycles. The van der Waals surface area contributed by atoms with Crippen LogP contribution in [0.1, 0.15) is 9.67 Å². The Bertz CT molecular complexity index is 1080. The van der Waals surface area contributed by atoms with Crippen LogP contribution in [0.4, 0.5) is 5.69 Å². The van der Waals surface area contributed by atoms with Crippen LogP contribution in [-0.4, -0.2) is 28.1 Å². The summed E-state index contributed by atoms with van der Waals surface area (Å²) in [7, 11) is 1.68. The lowest BCUT2D eigenvalue weighted by molar-refractivity contribution is 0.0997. The summed E-state index contributed by atoms with van der Waals surface area (Å²) in [6, 6.07) is 9.24. The minimum absolute atomic E-state index is 0.170. The molecule has 0 saturated heterocycles. The number of thiophene rings is 1. The number of aromatic amines is 2. The van der Waals surface area contributed by atoms with E-state index < -0.39 is 0 Å². The first-order chi connectivity index (χ1) is 11.1. The highest BCUT2D eigenvalue weighted by Crippen LogP contribution is 2.30. The van der Waals surface area contributed by atoms with Gasteiger partial charge in [0.25, 0.3) is 11.5 Å². The molecule has 0 saturated carbocycles. The first-order valence-electron chi connectivity index (χ1n) is 6.96. The molecule has 23 heavy (non-hydrogen) atoms. The Labute approximate surface area is 134 Å². The summed E-state index contributed by atoms with van der Waals surface area (Å²) in [6.45, 7) is 0. The maximum atomic E-state index is 12.6. The van der Waals surface area contributed by atoms with Crippen molar-refractivity contribution < 1.29 is 4.79 Å². The molecule has 4 aromatic rings. The molecular weight excluding hydrogens is 312 g/mol. The quantitative estimate of drug-likeness (QED) is 0.595. The maximum absolute atomic E-state index is 12.6. The van der Waals surface area contributed by atoms with Crippen LogP contribution in [0.2, 0.25) is 0 Å². The molecule has 0 aliphatic carbocycles. The lowest BCUT2D eigenvalue weighted by Gasteiger charge is -2.12. The summed E-state index contributed by atoms with van der Waals surface area (Å²) in [5.41, 5.74) is 1.26. The molecule has 4 rings (SSSR count). The fraction of sp³-hybridized carbons (Fsp3) is 0.0625. The van der Waals surface area contributed by atoms with Gasteiger partial charge in [-0.3, -0.25) is 14.7 Å². The number of H-pyrrole nitrogens is 2. The van der Waals surface area contributed by atoms with Gasteiger partial charge in [0, 0.05) is 28.8 Å². The van der Waals surface area contributed by atoms with Gasteiger partial charge in [0.2, 0.25) is 0 Å². The molecule has 0 atom stereocenters. The molecule has 114 valence electrons. The van der Waals surface area contributed by atoms with E-state index in [9.17, 15) is 9.59 Å². The molecule has 3 heterocycles. The van der Waals surface area contributed by atoms with Crippen LogP contribution in [-0.2, 0) is 0 Å². The molecule has 7 heteroatoms. The van der Waals surface area contributed by atoms with Gasteiger partial charge in [-0.25, -0.2) is 0 Å². The van der Waals surface area contributed by atoms with Crippen LogP contribution >= 0.6 is 11.3 Å². The lowest BCUT2D eigenvalue weighted by atomic mass is 10.2. The van der Waals surface area contributed by atoms with Gasteiger partial charge in [0.1, 0.15) is 0 Å². The van der Waals surface area contributed by atoms with Gasteiger partial charge in [0.05, 0.1) is 22.1 Å². The molecule has 0 radical (unpaired) electrons. The number of pyridine rings is 1. The second kappa shape index (κ2) is 5.06. The SMILES string of the molecule is CN(C(=O)c1cc2c(=O)[nH]c3ccccc3c2s1)c1cn[nH]c1. The van der Waals surface area contributed by atoms with Crippen molar-refractivity contribution in [1.29, 1.82) is 0 Å². The van der Waals surface area contributed by atoms with E-state index >= 15 is 0 Å². The van der Waals surface area contributed by atoms with E-state index in [1.165, 1.54) is 16.2 Å². The lowest BCUT2D eigenvalue weighted by Crippen LogP contribution is -2.24. The van der Waals surface area contributed by atoms with Crippen LogP contribution in [0.25, 0.3) is 21.0 Å². The second-order valence-electron chi connectivity index (χ2n) is 5.17. The second-order valence-corrected chi connectivity index (χ2v) is 6.23. The number of benzene rings is 1. The van der Waals surface area contributed by atoms with Gasteiger partial charge >= 0.3 is 0 Å². The maximum Gasteiger partial charge on any atom is 0.268 e. The van der Waals surface area contributed by atoms with Gasteiger partial charge in [-0.15, -0.1) is 11.3 Å². The molecule has 2 N–H and O–H groups in total. The first kappa shape index (κ1) is 13.7. The van der Waals surface area contributed by atoms with Crippen molar-refractivity contribution in [2.24, 2.45) is 0 Å². The van der Waals surface area contributed by atoms with E-state index in [0.717, 1.165) is 15.6 Å². The highest BCUT2D eigenvalue weighted by atomic mass is 32.1. The van der Waals surface area contributed by atoms with Gasteiger partial charge in [-0.1, -0.05) is 18.2 Å². The standard InChI is InChI=1S/C16H12N4O2S/c1-20(9-7-17-18-8-9)16(22)13-6-11-14(23-13)10-4-2-3-5-12(10)19-15(11)21/h2-8H,1H3,(H,17,18)(H,19,21). The first-order valence-corrected chi connectivity index (χ1v) is 7.78. The van der Waals surface area contributed by atoms with Crippen molar-refractivity contribution in [3.63, 3.8) is 0 Å². The van der Waals surface area contributed by atoms with Crippen LogP contribution in [0, 0.1) is 0 Å². The third-order valence-corrected chi connectivity index (χ3v) is 4.94. The number of nitrogens with one attached hydrogen (secondary N) is 2. The average molecular weight is 324 g/mol. The van der Waals surface area contributed by atoms with E-state index in [1.54, 1.807) is 25.5 Å². The van der Waals surface area contributed by atoms with Crippen LogP contribution in [0.15, 0.2) is 47.5 Å². The Morgan fingerprint density at radius 2 is 2.09 bits per heavy atom. The normalized spacial score (nSPS) is 11.2. The topological polar surface area (TPSA) is 81.8 Å². The highest BCUT2D eigenvalue weighted by molar-refractivity contribution is 7.21. The number of carbonyl (C=O) groups excluding carboxylic acids is 1. The monoisotopic (exact) mass is 324 g/mol. The fourth-order valence-corrected chi connectivity index (χ4v) is 3.73. The molecule has 0 aliphatic heterocycles. The number of rotatable bonds is 2. The van der Waals surface area contributed by atoms with Gasteiger partial charge < -0.3 is 9.88 Å². The summed E-state index contributed by atoms with van der Waals surface area (Å²) in [6.07, 6.45) is 3.22. The number of fused-ring (bicyclic) bond motifs is 3. The van der Waals surface area contributed by atoms with E-state index in [-0.39, 0.29) is 11.5 Å². The number of hydrogen-bond acceptors (Lipinski definition) is 4. The Morgan fingerprint density at radius 1 is 1.26 bits per heavy atom. The Hall–Kier alpha value is -2.93. The number of nitrogens with zero attached hydrogens (tertiary/aromatic N) is 2.